The number of benzene rings is 1. The molecule has 1 rings (SSSR count). The molecule has 17 heavy (non-hydrogen) atoms. The van der Waals surface area contributed by atoms with E-state index >= 15 is 0 Å². The molecule has 94 valence electrons. The highest BCUT2D eigenvalue weighted by molar-refractivity contribution is 5.92. The molecule has 0 fully saturated rings. The largest absolute Gasteiger partial charge is 0.493 e. The van der Waals surface area contributed by atoms with E-state index in [0.29, 0.717) is 12.0 Å². The highest BCUT2D eigenvalue weighted by Gasteiger charge is 2.18. The Kier molecular flexibility index (Phi) is 4.86. The number of carbonyl (C=O) groups is 1. The summed E-state index contributed by atoms with van der Waals surface area (Å²) in [5.74, 6) is 3.48. The second kappa shape index (κ2) is 6.17. The van der Waals surface area contributed by atoms with Crippen molar-refractivity contribution in [1.29, 1.82) is 0 Å². The average Bonchev–Trinajstić information content (AvgIpc) is 2.34. The summed E-state index contributed by atoms with van der Waals surface area (Å²) in [5.41, 5.74) is 0.621. The van der Waals surface area contributed by atoms with Crippen LogP contribution in [-0.2, 0) is 16.0 Å². The minimum atomic E-state index is -0.656. The Morgan fingerprint density at radius 1 is 1.41 bits per heavy atom. The predicted octanol–water partition coefficient (Wildman–Crippen LogP) is 1.05. The molecule has 0 aromatic heterocycles. The topological polar surface area (TPSA) is 70.8 Å². The lowest BCUT2D eigenvalue weighted by Gasteiger charge is -2.10. The fourth-order valence-corrected chi connectivity index (χ4v) is 1.44. The maximum Gasteiger partial charge on any atom is 0.341 e. The van der Waals surface area contributed by atoms with Crippen molar-refractivity contribution in [3.8, 4) is 5.75 Å². The SMILES string of the molecule is COC(=O)c1cc(CCON)cc(F)c1OC. The van der Waals surface area contributed by atoms with Crippen molar-refractivity contribution in [1.82, 2.24) is 0 Å². The predicted molar refractivity (Wildman–Crippen MR) is 58.1 cm³/mol. The van der Waals surface area contributed by atoms with Crippen LogP contribution >= 0.6 is 0 Å². The molecule has 0 saturated heterocycles. The Balaban J connectivity index is 3.14. The Bertz CT molecular complexity index is 409. The van der Waals surface area contributed by atoms with Gasteiger partial charge in [-0.1, -0.05) is 0 Å². The summed E-state index contributed by atoms with van der Waals surface area (Å²) >= 11 is 0. The van der Waals surface area contributed by atoms with E-state index in [0.717, 1.165) is 0 Å². The van der Waals surface area contributed by atoms with E-state index in [1.54, 1.807) is 0 Å². The smallest absolute Gasteiger partial charge is 0.341 e. The van der Waals surface area contributed by atoms with Crippen LogP contribution in [0.3, 0.4) is 0 Å². The number of methoxy groups -OCH3 is 2. The highest BCUT2D eigenvalue weighted by Crippen LogP contribution is 2.25. The number of halogens is 1. The third-order valence-electron chi connectivity index (χ3n) is 2.22. The van der Waals surface area contributed by atoms with Crippen LogP contribution in [-0.4, -0.2) is 26.8 Å². The van der Waals surface area contributed by atoms with Crippen LogP contribution in [0.5, 0.6) is 5.75 Å². The molecule has 0 saturated carbocycles. The van der Waals surface area contributed by atoms with E-state index in [1.165, 1.54) is 26.4 Å². The lowest BCUT2D eigenvalue weighted by atomic mass is 10.1. The van der Waals surface area contributed by atoms with Crippen LogP contribution in [0.25, 0.3) is 0 Å². The normalized spacial score (nSPS) is 10.1. The van der Waals surface area contributed by atoms with Gasteiger partial charge in [0.1, 0.15) is 5.56 Å². The second-order valence-electron chi connectivity index (χ2n) is 3.27. The molecule has 2 N–H and O–H groups in total. The number of hydrogen-bond acceptors (Lipinski definition) is 5. The molecule has 1 aromatic carbocycles. The van der Waals surface area contributed by atoms with Gasteiger partial charge in [0.05, 0.1) is 20.8 Å². The number of carbonyl (C=O) groups excluding carboxylic acids is 1. The van der Waals surface area contributed by atoms with Gasteiger partial charge in [0.15, 0.2) is 11.6 Å². The van der Waals surface area contributed by atoms with Gasteiger partial charge >= 0.3 is 5.97 Å². The zero-order valence-corrected chi connectivity index (χ0v) is 9.66. The van der Waals surface area contributed by atoms with E-state index in [-0.39, 0.29) is 17.9 Å². The number of ether oxygens (including phenoxy) is 2. The summed E-state index contributed by atoms with van der Waals surface area (Å²) in [4.78, 5) is 15.8. The van der Waals surface area contributed by atoms with Crippen molar-refractivity contribution in [2.75, 3.05) is 20.8 Å². The molecule has 6 heteroatoms. The van der Waals surface area contributed by atoms with Gasteiger partial charge in [-0.15, -0.1) is 0 Å². The molecule has 5 nitrogen and oxygen atoms in total. The average molecular weight is 243 g/mol. The van der Waals surface area contributed by atoms with Crippen LogP contribution in [0.1, 0.15) is 15.9 Å². The number of hydrogen-bond donors (Lipinski definition) is 1. The van der Waals surface area contributed by atoms with Gasteiger partial charge in [-0.2, -0.15) is 0 Å². The summed E-state index contributed by atoms with van der Waals surface area (Å²) in [6.07, 6.45) is 0.390. The van der Waals surface area contributed by atoms with E-state index in [2.05, 4.69) is 9.57 Å². The molecule has 0 unspecified atom stereocenters. The maximum absolute atomic E-state index is 13.6. The molecule has 0 aliphatic carbocycles. The molecule has 0 bridgehead atoms. The first kappa shape index (κ1) is 13.4. The van der Waals surface area contributed by atoms with Crippen molar-refractivity contribution in [3.05, 3.63) is 29.1 Å². The van der Waals surface area contributed by atoms with Gasteiger partial charge in [-0.05, 0) is 24.1 Å². The van der Waals surface area contributed by atoms with Crippen molar-refractivity contribution in [2.24, 2.45) is 5.90 Å². The monoisotopic (exact) mass is 243 g/mol. The van der Waals surface area contributed by atoms with Gasteiger partial charge in [0, 0.05) is 0 Å². The zero-order chi connectivity index (χ0) is 12.8. The molecule has 0 aliphatic rings. The van der Waals surface area contributed by atoms with Crippen LogP contribution in [0, 0.1) is 5.82 Å². The zero-order valence-electron chi connectivity index (χ0n) is 9.66. The van der Waals surface area contributed by atoms with Crippen LogP contribution in [0.2, 0.25) is 0 Å². The number of rotatable bonds is 5. The first-order valence-corrected chi connectivity index (χ1v) is 4.90. The summed E-state index contributed by atoms with van der Waals surface area (Å²) in [5, 5.41) is 0. The van der Waals surface area contributed by atoms with E-state index in [4.69, 9.17) is 10.6 Å². The van der Waals surface area contributed by atoms with Crippen molar-refractivity contribution < 1.29 is 23.5 Å². The van der Waals surface area contributed by atoms with Gasteiger partial charge in [0.25, 0.3) is 0 Å². The van der Waals surface area contributed by atoms with Crippen LogP contribution in [0.15, 0.2) is 12.1 Å². The summed E-state index contributed by atoms with van der Waals surface area (Å²) in [7, 11) is 2.50. The van der Waals surface area contributed by atoms with Crippen molar-refractivity contribution in [3.63, 3.8) is 0 Å². The Morgan fingerprint density at radius 2 is 2.12 bits per heavy atom. The molecule has 0 spiro atoms. The fraction of sp³-hybridized carbons (Fsp3) is 0.364. The Labute approximate surface area is 98.2 Å². The van der Waals surface area contributed by atoms with Gasteiger partial charge < -0.3 is 14.3 Å². The molecule has 0 radical (unpaired) electrons. The lowest BCUT2D eigenvalue weighted by Crippen LogP contribution is -2.09. The second-order valence-corrected chi connectivity index (χ2v) is 3.27. The van der Waals surface area contributed by atoms with E-state index < -0.39 is 11.8 Å². The molecular formula is C11H14FNO4. The molecule has 1 aromatic rings. The first-order chi connectivity index (χ1) is 8.13. The van der Waals surface area contributed by atoms with Gasteiger partial charge in [-0.3, -0.25) is 0 Å². The quantitative estimate of drug-likeness (QED) is 0.618. The van der Waals surface area contributed by atoms with E-state index in [1.807, 2.05) is 0 Å². The van der Waals surface area contributed by atoms with Crippen molar-refractivity contribution in [2.45, 2.75) is 6.42 Å². The fourth-order valence-electron chi connectivity index (χ4n) is 1.44. The molecule has 0 heterocycles. The molecular weight excluding hydrogens is 229 g/mol. The lowest BCUT2D eigenvalue weighted by molar-refractivity contribution is 0.0596. The van der Waals surface area contributed by atoms with Crippen molar-refractivity contribution >= 4 is 5.97 Å². The summed E-state index contributed by atoms with van der Waals surface area (Å²) in [6, 6.07) is 2.76. The third-order valence-corrected chi connectivity index (χ3v) is 2.22. The standard InChI is InChI=1S/C11H14FNO4/c1-15-10-8(11(14)16-2)5-7(3-4-17-13)6-9(10)12/h5-6H,3-4,13H2,1-2H3. The first-order valence-electron chi connectivity index (χ1n) is 4.90. The Hall–Kier alpha value is -1.66. The number of esters is 1. The Morgan fingerprint density at radius 3 is 2.65 bits per heavy atom. The van der Waals surface area contributed by atoms with Crippen LogP contribution in [0.4, 0.5) is 4.39 Å². The van der Waals surface area contributed by atoms with Gasteiger partial charge in [-0.25, -0.2) is 15.1 Å². The van der Waals surface area contributed by atoms with Crippen LogP contribution < -0.4 is 10.6 Å². The molecule has 0 aliphatic heterocycles. The molecule has 0 atom stereocenters. The summed E-state index contributed by atoms with van der Waals surface area (Å²) < 4.78 is 23.0. The highest BCUT2D eigenvalue weighted by atomic mass is 19.1. The minimum Gasteiger partial charge on any atom is -0.493 e. The maximum atomic E-state index is 13.6. The summed E-state index contributed by atoms with van der Waals surface area (Å²) in [6.45, 7) is 0.229. The van der Waals surface area contributed by atoms with E-state index in [9.17, 15) is 9.18 Å². The number of nitrogens with two attached hydrogens (primary N) is 1. The van der Waals surface area contributed by atoms with Gasteiger partial charge in [0.2, 0.25) is 0 Å². The molecule has 0 amide bonds. The third kappa shape index (κ3) is 3.15. The minimum absolute atomic E-state index is 0.0435.